The van der Waals surface area contributed by atoms with Gasteiger partial charge in [-0.15, -0.1) is 0 Å². The monoisotopic (exact) mass is 805 g/mol. The zero-order valence-corrected chi connectivity index (χ0v) is 29.0. The predicted molar refractivity (Wildman–Crippen MR) is 186 cm³/mol. The first-order valence-corrected chi connectivity index (χ1v) is 17.2. The first-order chi connectivity index (χ1) is 21.8. The predicted octanol–water partition coefficient (Wildman–Crippen LogP) is 8.09. The van der Waals surface area contributed by atoms with E-state index in [-0.39, 0.29) is 23.9 Å². The van der Waals surface area contributed by atoms with Gasteiger partial charge in [0.25, 0.3) is 11.2 Å². The van der Waals surface area contributed by atoms with E-state index in [0.717, 1.165) is 49.7 Å². The smallest absolute Gasteiger partial charge is 0.271 e. The van der Waals surface area contributed by atoms with Crippen LogP contribution in [0.4, 0.5) is 5.69 Å². The lowest BCUT2D eigenvalue weighted by Crippen LogP contribution is -2.38. The molecule has 4 aromatic carbocycles. The molecule has 2 heterocycles. The van der Waals surface area contributed by atoms with Crippen LogP contribution in [-0.4, -0.2) is 9.49 Å². The van der Waals surface area contributed by atoms with E-state index >= 15 is 0 Å². The van der Waals surface area contributed by atoms with Crippen LogP contribution < -0.4 is 19.6 Å². The van der Waals surface area contributed by atoms with Crippen molar-refractivity contribution >= 4 is 76.6 Å². The quantitative estimate of drug-likeness (QED) is 0.128. The maximum absolute atomic E-state index is 14.3. The van der Waals surface area contributed by atoms with Crippen molar-refractivity contribution in [2.24, 2.45) is 4.99 Å². The van der Waals surface area contributed by atoms with E-state index in [1.165, 1.54) is 29.0 Å². The normalized spacial score (nSPS) is 15.6. The summed E-state index contributed by atoms with van der Waals surface area (Å²) in [4.78, 5) is 30.7. The molecule has 1 aromatic heterocycles. The van der Waals surface area contributed by atoms with E-state index in [0.29, 0.717) is 25.1 Å². The summed E-state index contributed by atoms with van der Waals surface area (Å²) in [5.41, 5.74) is 6.91. The maximum Gasteiger partial charge on any atom is 0.271 e. The molecule has 0 fully saturated rings. The number of nitrogens with zero attached hydrogens (tertiary/aromatic N) is 3. The van der Waals surface area contributed by atoms with Gasteiger partial charge in [0.15, 0.2) is 4.80 Å². The molecule has 1 aliphatic carbocycles. The summed E-state index contributed by atoms with van der Waals surface area (Å²) in [5.74, 6) is 0.556. The van der Waals surface area contributed by atoms with Crippen molar-refractivity contribution in [2.75, 3.05) is 0 Å². The Morgan fingerprint density at radius 3 is 2.49 bits per heavy atom. The summed E-state index contributed by atoms with van der Waals surface area (Å²) in [6.07, 6.45) is 3.56. The second-order valence-corrected chi connectivity index (χ2v) is 14.4. The van der Waals surface area contributed by atoms with Gasteiger partial charge >= 0.3 is 0 Å². The van der Waals surface area contributed by atoms with Gasteiger partial charge in [-0.25, -0.2) is 4.99 Å². The molecule has 7 rings (SSSR count). The van der Waals surface area contributed by atoms with Crippen molar-refractivity contribution in [3.63, 3.8) is 0 Å². The minimum Gasteiger partial charge on any atom is -0.487 e. The average Bonchev–Trinajstić information content (AvgIpc) is 3.34. The Balaban J connectivity index is 1.35. The minimum absolute atomic E-state index is 0.0197. The van der Waals surface area contributed by atoms with Crippen molar-refractivity contribution in [3.05, 3.63) is 162 Å². The van der Waals surface area contributed by atoms with Crippen LogP contribution in [0.1, 0.15) is 40.3 Å². The molecule has 1 aliphatic heterocycles. The van der Waals surface area contributed by atoms with Crippen molar-refractivity contribution < 1.29 is 9.66 Å². The first kappa shape index (κ1) is 30.0. The highest BCUT2D eigenvalue weighted by Crippen LogP contribution is 2.41. The molecular weight excluding hydrogens is 786 g/mol. The molecule has 2 aliphatic rings. The zero-order chi connectivity index (χ0) is 31.2. The Kier molecular flexibility index (Phi) is 8.20. The number of fused-ring (bicyclic) bond motifs is 3. The standard InChI is InChI=1S/C34H22Br3N3O4S/c35-23-10-7-21(8-11-23)31-27-14-9-20-3-1-2-4-26(20)30(27)38-34-39(31)33(41)29(45-34)16-22-15-24(36)17-28(37)32(22)44-18-19-5-12-25(13-6-19)40(42)43/h1-8,10-13,15-17,31H,9,14,18H2/b29-16+/t31-/m0/s1. The number of nitro groups is 1. The second kappa shape index (κ2) is 12.3. The van der Waals surface area contributed by atoms with E-state index < -0.39 is 4.92 Å². The number of allylic oxidation sites excluding steroid dienone is 1. The lowest BCUT2D eigenvalue weighted by molar-refractivity contribution is -0.384. The fraction of sp³-hybridized carbons (Fsp3) is 0.118. The molecule has 0 saturated carbocycles. The summed E-state index contributed by atoms with van der Waals surface area (Å²) in [5, 5.41) is 11.1. The van der Waals surface area contributed by atoms with E-state index in [4.69, 9.17) is 9.73 Å². The summed E-state index contributed by atoms with van der Waals surface area (Å²) < 4.78 is 11.1. The van der Waals surface area contributed by atoms with Crippen LogP contribution in [0.2, 0.25) is 0 Å². The number of aromatic nitrogens is 1. The zero-order valence-electron chi connectivity index (χ0n) is 23.4. The Hall–Kier alpha value is -3.64. The van der Waals surface area contributed by atoms with Gasteiger partial charge in [-0.2, -0.15) is 0 Å². The second-order valence-electron chi connectivity index (χ2n) is 10.7. The van der Waals surface area contributed by atoms with Crippen LogP contribution in [0.5, 0.6) is 5.75 Å². The van der Waals surface area contributed by atoms with E-state index in [9.17, 15) is 14.9 Å². The molecule has 5 aromatic rings. The third-order valence-electron chi connectivity index (χ3n) is 7.91. The molecule has 45 heavy (non-hydrogen) atoms. The van der Waals surface area contributed by atoms with E-state index in [1.807, 2.05) is 41.0 Å². The third-order valence-corrected chi connectivity index (χ3v) is 10.5. The number of hydrogen-bond donors (Lipinski definition) is 0. The highest BCUT2D eigenvalue weighted by Gasteiger charge is 2.32. The topological polar surface area (TPSA) is 86.7 Å². The lowest BCUT2D eigenvalue weighted by atomic mass is 9.83. The van der Waals surface area contributed by atoms with Gasteiger partial charge in [0.05, 0.1) is 25.7 Å². The largest absolute Gasteiger partial charge is 0.487 e. The van der Waals surface area contributed by atoms with Crippen LogP contribution in [-0.2, 0) is 13.0 Å². The molecule has 0 radical (unpaired) electrons. The van der Waals surface area contributed by atoms with Crippen LogP contribution in [0, 0.1) is 10.1 Å². The Morgan fingerprint density at radius 1 is 0.978 bits per heavy atom. The van der Waals surface area contributed by atoms with Crippen molar-refractivity contribution in [1.82, 2.24) is 4.57 Å². The molecule has 0 unspecified atom stereocenters. The number of rotatable bonds is 6. The molecular formula is C34H22Br3N3O4S. The fourth-order valence-electron chi connectivity index (χ4n) is 5.82. The summed E-state index contributed by atoms with van der Waals surface area (Å²) in [6, 6.07) is 26.3. The van der Waals surface area contributed by atoms with Crippen molar-refractivity contribution in [1.29, 1.82) is 0 Å². The maximum atomic E-state index is 14.3. The van der Waals surface area contributed by atoms with Crippen LogP contribution in [0.25, 0.3) is 11.8 Å². The van der Waals surface area contributed by atoms with Gasteiger partial charge in [0.1, 0.15) is 12.4 Å². The molecule has 0 amide bonds. The molecule has 0 bridgehead atoms. The van der Waals surface area contributed by atoms with Crippen LogP contribution in [0.15, 0.2) is 114 Å². The van der Waals surface area contributed by atoms with Crippen molar-refractivity contribution in [2.45, 2.75) is 25.5 Å². The third kappa shape index (κ3) is 5.78. The number of halogens is 3. The summed E-state index contributed by atoms with van der Waals surface area (Å²) >= 11 is 12.1. The molecule has 0 saturated heterocycles. The van der Waals surface area contributed by atoms with Crippen LogP contribution in [0.3, 0.4) is 0 Å². The fourth-order valence-corrected chi connectivity index (χ4v) is 8.45. The minimum atomic E-state index is -0.430. The highest BCUT2D eigenvalue weighted by atomic mass is 79.9. The van der Waals surface area contributed by atoms with Gasteiger partial charge < -0.3 is 4.74 Å². The molecule has 1 atom stereocenters. The molecule has 0 N–H and O–H groups in total. The number of aryl methyl sites for hydroxylation is 1. The number of benzene rings is 4. The Morgan fingerprint density at radius 2 is 1.73 bits per heavy atom. The average molecular weight is 808 g/mol. The van der Waals surface area contributed by atoms with Crippen molar-refractivity contribution in [3.8, 4) is 5.75 Å². The van der Waals surface area contributed by atoms with Gasteiger partial charge in [-0.3, -0.25) is 19.5 Å². The summed E-state index contributed by atoms with van der Waals surface area (Å²) in [6.45, 7) is 0.190. The van der Waals surface area contributed by atoms with Gasteiger partial charge in [0, 0.05) is 32.2 Å². The Labute approximate surface area is 286 Å². The highest BCUT2D eigenvalue weighted by molar-refractivity contribution is 9.11. The first-order valence-electron chi connectivity index (χ1n) is 14.0. The van der Waals surface area contributed by atoms with Gasteiger partial charge in [-0.05, 0) is 93.5 Å². The molecule has 7 nitrogen and oxygen atoms in total. The van der Waals surface area contributed by atoms with E-state index in [2.05, 4.69) is 78.1 Å². The number of non-ortho nitro benzene ring substituents is 1. The lowest BCUT2D eigenvalue weighted by Gasteiger charge is -2.30. The van der Waals surface area contributed by atoms with Gasteiger partial charge in [-0.1, -0.05) is 79.6 Å². The van der Waals surface area contributed by atoms with E-state index in [1.54, 1.807) is 12.1 Å². The number of nitro benzene ring substituents is 1. The molecule has 0 spiro atoms. The Bertz CT molecular complexity index is 2210. The SMILES string of the molecule is O=c1/c(=C\c2cc(Br)cc(Br)c2OCc2ccc([N+](=O)[O-])cc2)sc2n1[C@@H](c1ccc(Br)cc1)C1=C(N=2)c2ccccc2CC1. The number of thiazole rings is 1. The van der Waals surface area contributed by atoms with Gasteiger partial charge in [0.2, 0.25) is 0 Å². The summed E-state index contributed by atoms with van der Waals surface area (Å²) in [7, 11) is 0. The molecule has 11 heteroatoms. The number of hydrogen-bond acceptors (Lipinski definition) is 6. The molecule has 224 valence electrons. The number of ether oxygens (including phenoxy) is 1. The van der Waals surface area contributed by atoms with Crippen LogP contribution >= 0.6 is 59.1 Å².